The Morgan fingerprint density at radius 2 is 2.05 bits per heavy atom. The molecule has 0 saturated heterocycles. The summed E-state index contributed by atoms with van der Waals surface area (Å²) in [6, 6.07) is 5.22. The quantitative estimate of drug-likeness (QED) is 0.880. The van der Waals surface area contributed by atoms with E-state index in [1.807, 2.05) is 0 Å². The van der Waals surface area contributed by atoms with Crippen LogP contribution in [0.4, 0.5) is 10.1 Å². The van der Waals surface area contributed by atoms with Crippen molar-refractivity contribution in [2.75, 3.05) is 12.4 Å². The predicted molar refractivity (Wildman–Crippen MR) is 79.6 cm³/mol. The Hall–Kier alpha value is -1.25. The molecule has 3 rings (SSSR count). The van der Waals surface area contributed by atoms with Gasteiger partial charge in [-0.2, -0.15) is 0 Å². The first kappa shape index (κ1) is 13.7. The molecule has 2 fully saturated rings. The Morgan fingerprint density at radius 3 is 2.65 bits per heavy atom. The highest BCUT2D eigenvalue weighted by Gasteiger charge is 2.59. The summed E-state index contributed by atoms with van der Waals surface area (Å²) in [5.41, 5.74) is 1.06. The van der Waals surface area contributed by atoms with Gasteiger partial charge in [-0.25, -0.2) is 4.39 Å². The lowest BCUT2D eigenvalue weighted by atomic mass is 9.68. The lowest BCUT2D eigenvalue weighted by molar-refractivity contribution is 0.155. The predicted octanol–water partition coefficient (Wildman–Crippen LogP) is 4.46. The first-order valence-electron chi connectivity index (χ1n) is 7.47. The second kappa shape index (κ2) is 4.37. The SMILES string of the molecule is COc1ccc(F)c(NC2C(C)(C)[C@H]3CC[C@]2(C)C3)c1. The maximum absolute atomic E-state index is 14.1. The number of rotatable bonds is 3. The standard InChI is InChI=1S/C17H24FNO/c1-16(2)11-7-8-17(3,10-11)15(16)19-14-9-12(20-4)5-6-13(14)18/h5-6,9,11,15,19H,7-8,10H2,1-4H3/t11-,15?,17+/m0/s1. The normalized spacial score (nSPS) is 34.2. The number of ether oxygens (including phenoxy) is 1. The molecule has 2 saturated carbocycles. The van der Waals surface area contributed by atoms with Gasteiger partial charge in [-0.05, 0) is 48.1 Å². The summed E-state index contributed by atoms with van der Waals surface area (Å²) in [5.74, 6) is 1.24. The molecule has 0 heterocycles. The molecular weight excluding hydrogens is 253 g/mol. The van der Waals surface area contributed by atoms with Crippen LogP contribution in [0, 0.1) is 22.6 Å². The van der Waals surface area contributed by atoms with Gasteiger partial charge in [0.2, 0.25) is 0 Å². The molecule has 0 aliphatic heterocycles. The number of halogens is 1. The molecule has 3 heteroatoms. The van der Waals surface area contributed by atoms with Crippen LogP contribution in [0.2, 0.25) is 0 Å². The van der Waals surface area contributed by atoms with Gasteiger partial charge in [0.1, 0.15) is 11.6 Å². The summed E-state index contributed by atoms with van der Waals surface area (Å²) >= 11 is 0. The van der Waals surface area contributed by atoms with Gasteiger partial charge in [-0.1, -0.05) is 20.8 Å². The van der Waals surface area contributed by atoms with E-state index in [2.05, 4.69) is 26.1 Å². The second-order valence-corrected chi connectivity index (χ2v) is 7.34. The molecule has 1 aromatic rings. The first-order valence-corrected chi connectivity index (χ1v) is 7.47. The van der Waals surface area contributed by atoms with Crippen LogP contribution in [0.25, 0.3) is 0 Å². The second-order valence-electron chi connectivity index (χ2n) is 7.34. The van der Waals surface area contributed by atoms with Gasteiger partial charge in [-0.15, -0.1) is 0 Å². The number of hydrogen-bond donors (Lipinski definition) is 1. The summed E-state index contributed by atoms with van der Waals surface area (Å²) in [5, 5.41) is 3.49. The third kappa shape index (κ3) is 1.90. The van der Waals surface area contributed by atoms with E-state index in [4.69, 9.17) is 4.74 Å². The zero-order valence-electron chi connectivity index (χ0n) is 12.8. The van der Waals surface area contributed by atoms with Crippen molar-refractivity contribution in [2.24, 2.45) is 16.7 Å². The van der Waals surface area contributed by atoms with Gasteiger partial charge in [-0.3, -0.25) is 0 Å². The summed E-state index contributed by atoms with van der Waals surface area (Å²) in [7, 11) is 1.61. The summed E-state index contributed by atoms with van der Waals surface area (Å²) in [4.78, 5) is 0. The van der Waals surface area contributed by atoms with E-state index in [9.17, 15) is 4.39 Å². The maximum Gasteiger partial charge on any atom is 0.146 e. The monoisotopic (exact) mass is 277 g/mol. The van der Waals surface area contributed by atoms with Gasteiger partial charge < -0.3 is 10.1 Å². The van der Waals surface area contributed by atoms with Crippen LogP contribution in [-0.2, 0) is 0 Å². The largest absolute Gasteiger partial charge is 0.497 e. The van der Waals surface area contributed by atoms with E-state index in [-0.39, 0.29) is 16.6 Å². The molecule has 1 aromatic carbocycles. The number of fused-ring (bicyclic) bond motifs is 2. The lowest BCUT2D eigenvalue weighted by Gasteiger charge is -2.43. The minimum Gasteiger partial charge on any atom is -0.497 e. The fourth-order valence-corrected chi connectivity index (χ4v) is 4.56. The highest BCUT2D eigenvalue weighted by atomic mass is 19.1. The molecule has 1 unspecified atom stereocenters. The van der Waals surface area contributed by atoms with E-state index in [1.54, 1.807) is 19.2 Å². The Kier molecular flexibility index (Phi) is 3.00. The number of anilines is 1. The summed E-state index contributed by atoms with van der Waals surface area (Å²) in [6.45, 7) is 6.98. The van der Waals surface area contributed by atoms with Gasteiger partial charge in [0, 0.05) is 12.1 Å². The number of hydrogen-bond acceptors (Lipinski definition) is 2. The molecule has 0 aromatic heterocycles. The average molecular weight is 277 g/mol. The molecule has 110 valence electrons. The minimum atomic E-state index is -0.201. The Labute approximate surface area is 120 Å². The van der Waals surface area contributed by atoms with Gasteiger partial charge in [0.15, 0.2) is 0 Å². The lowest BCUT2D eigenvalue weighted by Crippen LogP contribution is -2.45. The highest BCUT2D eigenvalue weighted by Crippen LogP contribution is 2.63. The molecule has 2 aliphatic carbocycles. The van der Waals surface area contributed by atoms with E-state index in [0.717, 1.165) is 5.92 Å². The third-order valence-electron chi connectivity index (χ3n) is 5.74. The number of benzene rings is 1. The number of nitrogens with one attached hydrogen (secondary N) is 1. The molecule has 0 spiro atoms. The molecule has 2 nitrogen and oxygen atoms in total. The summed E-state index contributed by atoms with van der Waals surface area (Å²) < 4.78 is 19.3. The van der Waals surface area contributed by atoms with Crippen molar-refractivity contribution < 1.29 is 9.13 Å². The molecule has 0 radical (unpaired) electrons. The van der Waals surface area contributed by atoms with Crippen molar-refractivity contribution in [2.45, 2.75) is 46.1 Å². The van der Waals surface area contributed by atoms with Crippen LogP contribution < -0.4 is 10.1 Å². The number of methoxy groups -OCH3 is 1. The maximum atomic E-state index is 14.1. The molecule has 2 aliphatic rings. The fraction of sp³-hybridized carbons (Fsp3) is 0.647. The van der Waals surface area contributed by atoms with Crippen molar-refractivity contribution in [3.63, 3.8) is 0 Å². The first-order chi connectivity index (χ1) is 9.37. The average Bonchev–Trinajstić information content (AvgIpc) is 2.88. The van der Waals surface area contributed by atoms with E-state index in [0.29, 0.717) is 17.5 Å². The van der Waals surface area contributed by atoms with Gasteiger partial charge >= 0.3 is 0 Å². The van der Waals surface area contributed by atoms with Crippen LogP contribution in [0.1, 0.15) is 40.0 Å². The van der Waals surface area contributed by atoms with Crippen LogP contribution in [-0.4, -0.2) is 13.2 Å². The van der Waals surface area contributed by atoms with Crippen molar-refractivity contribution >= 4 is 5.69 Å². The van der Waals surface area contributed by atoms with Gasteiger partial charge in [0.25, 0.3) is 0 Å². The van der Waals surface area contributed by atoms with Crippen molar-refractivity contribution in [1.29, 1.82) is 0 Å². The molecule has 2 bridgehead atoms. The molecule has 0 amide bonds. The Morgan fingerprint density at radius 1 is 1.30 bits per heavy atom. The smallest absolute Gasteiger partial charge is 0.146 e. The van der Waals surface area contributed by atoms with Crippen molar-refractivity contribution in [1.82, 2.24) is 0 Å². The highest BCUT2D eigenvalue weighted by molar-refractivity contribution is 5.51. The molecule has 1 N–H and O–H groups in total. The van der Waals surface area contributed by atoms with Crippen molar-refractivity contribution in [3.8, 4) is 5.75 Å². The van der Waals surface area contributed by atoms with Crippen LogP contribution in [0.5, 0.6) is 5.75 Å². The summed E-state index contributed by atoms with van der Waals surface area (Å²) in [6.07, 6.45) is 3.80. The van der Waals surface area contributed by atoms with E-state index >= 15 is 0 Å². The van der Waals surface area contributed by atoms with E-state index < -0.39 is 0 Å². The topological polar surface area (TPSA) is 21.3 Å². The van der Waals surface area contributed by atoms with Gasteiger partial charge in [0.05, 0.1) is 12.8 Å². The molecule has 3 atom stereocenters. The Balaban J connectivity index is 1.91. The molecule has 20 heavy (non-hydrogen) atoms. The Bertz CT molecular complexity index is 523. The van der Waals surface area contributed by atoms with Crippen LogP contribution >= 0.6 is 0 Å². The van der Waals surface area contributed by atoms with E-state index in [1.165, 1.54) is 25.3 Å². The van der Waals surface area contributed by atoms with Crippen LogP contribution in [0.15, 0.2) is 18.2 Å². The fourth-order valence-electron chi connectivity index (χ4n) is 4.56. The third-order valence-corrected chi connectivity index (χ3v) is 5.74. The molecular formula is C17H24FNO. The zero-order valence-corrected chi connectivity index (χ0v) is 12.8. The zero-order chi connectivity index (χ0) is 14.5. The van der Waals surface area contributed by atoms with Crippen molar-refractivity contribution in [3.05, 3.63) is 24.0 Å². The van der Waals surface area contributed by atoms with Crippen LogP contribution in [0.3, 0.4) is 0 Å². The minimum absolute atomic E-state index is 0.201.